The molecule has 3 aromatic carbocycles. The Hall–Kier alpha value is -3.15. The Labute approximate surface area is 209 Å². The minimum Gasteiger partial charge on any atom is -0.490 e. The van der Waals surface area contributed by atoms with Crippen molar-refractivity contribution in [2.24, 2.45) is 5.92 Å². The lowest BCUT2D eigenvalue weighted by atomic mass is 10.00. The number of hydrogen-bond donors (Lipinski definition) is 2. The highest BCUT2D eigenvalue weighted by molar-refractivity contribution is 5.99. The van der Waals surface area contributed by atoms with E-state index in [1.54, 1.807) is 12.1 Å². The Morgan fingerprint density at radius 2 is 1.49 bits per heavy atom. The summed E-state index contributed by atoms with van der Waals surface area (Å²) in [5, 5.41) is 13.5. The van der Waals surface area contributed by atoms with Gasteiger partial charge >= 0.3 is 0 Å². The summed E-state index contributed by atoms with van der Waals surface area (Å²) in [7, 11) is 0. The van der Waals surface area contributed by atoms with Gasteiger partial charge in [0.2, 0.25) is 0 Å². The molecule has 0 saturated carbocycles. The fourth-order valence-corrected chi connectivity index (χ4v) is 3.74. The van der Waals surface area contributed by atoms with E-state index >= 15 is 0 Å². The fourth-order valence-electron chi connectivity index (χ4n) is 3.74. The van der Waals surface area contributed by atoms with Crippen molar-refractivity contribution in [3.05, 3.63) is 95.6 Å². The van der Waals surface area contributed by atoms with Crippen LogP contribution in [0.3, 0.4) is 0 Å². The molecule has 1 unspecified atom stereocenters. The van der Waals surface area contributed by atoms with Crippen molar-refractivity contribution in [1.29, 1.82) is 0 Å². The third kappa shape index (κ3) is 8.23. The van der Waals surface area contributed by atoms with E-state index in [4.69, 9.17) is 9.47 Å². The predicted molar refractivity (Wildman–Crippen MR) is 140 cm³/mol. The zero-order chi connectivity index (χ0) is 25.2. The molecule has 5 nitrogen and oxygen atoms in total. The van der Waals surface area contributed by atoms with Crippen LogP contribution in [0, 0.1) is 5.92 Å². The smallest absolute Gasteiger partial charge is 0.166 e. The van der Waals surface area contributed by atoms with E-state index in [2.05, 4.69) is 5.32 Å². The summed E-state index contributed by atoms with van der Waals surface area (Å²) in [6.45, 7) is 8.56. The predicted octanol–water partition coefficient (Wildman–Crippen LogP) is 5.82. The van der Waals surface area contributed by atoms with E-state index < -0.39 is 6.10 Å². The van der Waals surface area contributed by atoms with E-state index in [1.807, 2.05) is 94.4 Å². The number of aliphatic hydroxyl groups excluding tert-OH is 1. The van der Waals surface area contributed by atoms with Crippen molar-refractivity contribution in [1.82, 2.24) is 5.32 Å². The Morgan fingerprint density at radius 3 is 2.03 bits per heavy atom. The average Bonchev–Trinajstić information content (AvgIpc) is 2.85. The molecule has 186 valence electrons. The topological polar surface area (TPSA) is 67.8 Å². The molecule has 2 N–H and O–H groups in total. The maximum atomic E-state index is 12.9. The standard InChI is InChI=1S/C30H37NO4/c1-21(2)17-28(33)27-16-15-26(18-29(27)34-20-25(32)19-31-22(3)4)35-30(23-11-7-5-8-12-23)24-13-9-6-10-14-24/h5-16,18,21-22,25,30-32H,17,19-20H2,1-4H3. The van der Waals surface area contributed by atoms with Crippen molar-refractivity contribution < 1.29 is 19.4 Å². The number of ketones is 1. The number of rotatable bonds is 13. The largest absolute Gasteiger partial charge is 0.490 e. The number of nitrogens with one attached hydrogen (secondary N) is 1. The number of aliphatic hydroxyl groups is 1. The molecule has 5 heteroatoms. The maximum Gasteiger partial charge on any atom is 0.166 e. The van der Waals surface area contributed by atoms with Crippen molar-refractivity contribution in [2.75, 3.05) is 13.2 Å². The van der Waals surface area contributed by atoms with Crippen LogP contribution in [-0.4, -0.2) is 36.2 Å². The van der Waals surface area contributed by atoms with Crippen LogP contribution in [0.5, 0.6) is 11.5 Å². The van der Waals surface area contributed by atoms with Crippen molar-refractivity contribution >= 4 is 5.78 Å². The Bertz CT molecular complexity index is 1010. The summed E-state index contributed by atoms with van der Waals surface area (Å²) in [4.78, 5) is 12.9. The van der Waals surface area contributed by atoms with Crippen LogP contribution in [0.1, 0.15) is 61.7 Å². The number of ether oxygens (including phenoxy) is 2. The molecule has 0 aliphatic heterocycles. The van der Waals surface area contributed by atoms with Gasteiger partial charge in [0.15, 0.2) is 5.78 Å². The second-order valence-corrected chi connectivity index (χ2v) is 9.53. The van der Waals surface area contributed by atoms with E-state index in [9.17, 15) is 9.90 Å². The van der Waals surface area contributed by atoms with Gasteiger partial charge in [0, 0.05) is 25.1 Å². The molecule has 3 aromatic rings. The van der Waals surface area contributed by atoms with Gasteiger partial charge in [-0.1, -0.05) is 88.4 Å². The van der Waals surface area contributed by atoms with Crippen LogP contribution in [0.15, 0.2) is 78.9 Å². The number of carbonyl (C=O) groups excluding carboxylic acids is 1. The first-order valence-electron chi connectivity index (χ1n) is 12.3. The lowest BCUT2D eigenvalue weighted by Crippen LogP contribution is -2.35. The number of Topliss-reactive ketones (excluding diaryl/α,β-unsaturated/α-hetero) is 1. The zero-order valence-electron chi connectivity index (χ0n) is 21.1. The summed E-state index contributed by atoms with van der Waals surface area (Å²) in [6, 6.07) is 25.7. The first-order valence-corrected chi connectivity index (χ1v) is 12.3. The summed E-state index contributed by atoms with van der Waals surface area (Å²) in [6.07, 6.45) is -0.593. The van der Waals surface area contributed by atoms with Gasteiger partial charge < -0.3 is 19.9 Å². The van der Waals surface area contributed by atoms with Gasteiger partial charge in [0.1, 0.15) is 30.3 Å². The molecule has 0 amide bonds. The van der Waals surface area contributed by atoms with Crippen LogP contribution in [0.25, 0.3) is 0 Å². The molecule has 35 heavy (non-hydrogen) atoms. The lowest BCUT2D eigenvalue weighted by Gasteiger charge is -2.22. The third-order valence-corrected chi connectivity index (χ3v) is 5.50. The Morgan fingerprint density at radius 1 is 0.886 bits per heavy atom. The highest BCUT2D eigenvalue weighted by atomic mass is 16.5. The van der Waals surface area contributed by atoms with Gasteiger partial charge in [-0.15, -0.1) is 0 Å². The minimum atomic E-state index is -0.698. The molecule has 0 aliphatic carbocycles. The summed E-state index contributed by atoms with van der Waals surface area (Å²) >= 11 is 0. The van der Waals surface area contributed by atoms with E-state index in [0.717, 1.165) is 11.1 Å². The average molecular weight is 476 g/mol. The zero-order valence-corrected chi connectivity index (χ0v) is 21.1. The SMILES string of the molecule is CC(C)CC(=O)c1ccc(OC(c2ccccc2)c2ccccc2)cc1OCC(O)CNC(C)C. The number of hydrogen-bond acceptors (Lipinski definition) is 5. The van der Waals surface area contributed by atoms with Crippen molar-refractivity contribution in [2.45, 2.75) is 52.4 Å². The fraction of sp³-hybridized carbons (Fsp3) is 0.367. The van der Waals surface area contributed by atoms with E-state index in [0.29, 0.717) is 30.0 Å². The molecule has 0 spiro atoms. The Balaban J connectivity index is 1.88. The molecule has 1 atom stereocenters. The van der Waals surface area contributed by atoms with Gasteiger partial charge in [-0.05, 0) is 29.2 Å². The molecule has 0 aromatic heterocycles. The molecular weight excluding hydrogens is 438 g/mol. The minimum absolute atomic E-state index is 0.0130. The third-order valence-electron chi connectivity index (χ3n) is 5.50. The van der Waals surface area contributed by atoms with Gasteiger partial charge in [0.25, 0.3) is 0 Å². The van der Waals surface area contributed by atoms with Crippen molar-refractivity contribution in [3.8, 4) is 11.5 Å². The molecule has 0 radical (unpaired) electrons. The number of benzene rings is 3. The molecule has 0 fully saturated rings. The molecule has 0 bridgehead atoms. The summed E-state index contributed by atoms with van der Waals surface area (Å²) < 4.78 is 12.4. The molecular formula is C30H37NO4. The van der Waals surface area contributed by atoms with Crippen LogP contribution in [0.4, 0.5) is 0 Å². The van der Waals surface area contributed by atoms with Crippen LogP contribution < -0.4 is 14.8 Å². The first kappa shape index (κ1) is 26.5. The van der Waals surface area contributed by atoms with Crippen LogP contribution >= 0.6 is 0 Å². The maximum absolute atomic E-state index is 12.9. The number of carbonyl (C=O) groups is 1. The summed E-state index contributed by atoms with van der Waals surface area (Å²) in [5.74, 6) is 1.26. The van der Waals surface area contributed by atoms with Crippen LogP contribution in [-0.2, 0) is 0 Å². The summed E-state index contributed by atoms with van der Waals surface area (Å²) in [5.41, 5.74) is 2.55. The van der Waals surface area contributed by atoms with Crippen LogP contribution in [0.2, 0.25) is 0 Å². The molecule has 0 saturated heterocycles. The highest BCUT2D eigenvalue weighted by Crippen LogP contribution is 2.33. The molecule has 3 rings (SSSR count). The van der Waals surface area contributed by atoms with E-state index in [-0.39, 0.29) is 30.5 Å². The van der Waals surface area contributed by atoms with Crippen molar-refractivity contribution in [3.63, 3.8) is 0 Å². The molecule has 0 aliphatic rings. The van der Waals surface area contributed by atoms with Gasteiger partial charge in [-0.3, -0.25) is 4.79 Å². The second-order valence-electron chi connectivity index (χ2n) is 9.53. The first-order chi connectivity index (χ1) is 16.8. The second kappa shape index (κ2) is 13.1. The molecule has 0 heterocycles. The van der Waals surface area contributed by atoms with Gasteiger partial charge in [0.05, 0.1) is 5.56 Å². The Kier molecular flexibility index (Phi) is 9.88. The highest BCUT2D eigenvalue weighted by Gasteiger charge is 2.20. The van der Waals surface area contributed by atoms with E-state index in [1.165, 1.54) is 0 Å². The lowest BCUT2D eigenvalue weighted by molar-refractivity contribution is 0.0933. The monoisotopic (exact) mass is 475 g/mol. The quantitative estimate of drug-likeness (QED) is 0.305. The van der Waals surface area contributed by atoms with Gasteiger partial charge in [-0.2, -0.15) is 0 Å². The van der Waals surface area contributed by atoms with Gasteiger partial charge in [-0.25, -0.2) is 0 Å². The normalized spacial score (nSPS) is 12.2.